The molecule has 0 saturated heterocycles. The van der Waals surface area contributed by atoms with E-state index in [9.17, 15) is 0 Å². The average molecular weight is 745 g/mol. The lowest BCUT2D eigenvalue weighted by atomic mass is 9.55. The van der Waals surface area contributed by atoms with Crippen LogP contribution in [0.3, 0.4) is 0 Å². The molecule has 2 heterocycles. The summed E-state index contributed by atoms with van der Waals surface area (Å²) in [6, 6.07) is 40.9. The van der Waals surface area contributed by atoms with Gasteiger partial charge in [-0.3, -0.25) is 9.97 Å². The van der Waals surface area contributed by atoms with Gasteiger partial charge in [-0.1, -0.05) is 80.7 Å². The fourth-order valence-electron chi connectivity index (χ4n) is 14.0. The molecule has 2 aromatic heterocycles. The minimum atomic E-state index is -0.783. The molecule has 5 aromatic rings. The molecule has 274 valence electrons. The lowest BCUT2D eigenvalue weighted by molar-refractivity contribution is 0.0184. The summed E-state index contributed by atoms with van der Waals surface area (Å²) < 4.78 is 0. The topological polar surface area (TPSA) is 25.8 Å². The Morgan fingerprint density at radius 3 is 1.19 bits per heavy atom. The molecule has 0 aliphatic heterocycles. The first kappa shape index (κ1) is 34.1. The van der Waals surface area contributed by atoms with E-state index >= 15 is 0 Å². The van der Waals surface area contributed by atoms with E-state index in [1.165, 1.54) is 77.8 Å². The van der Waals surface area contributed by atoms with Gasteiger partial charge < -0.3 is 0 Å². The number of nitrogens with zero attached hydrogens (tertiary/aromatic N) is 2. The van der Waals surface area contributed by atoms with Gasteiger partial charge in [-0.15, -0.1) is 0 Å². The van der Waals surface area contributed by atoms with E-state index < -0.39 is 7.92 Å². The van der Waals surface area contributed by atoms with Crippen LogP contribution in [0.5, 0.6) is 0 Å². The average Bonchev–Trinajstić information content (AvgIpc) is 3.19. The molecule has 8 fully saturated rings. The summed E-state index contributed by atoms with van der Waals surface area (Å²) >= 11 is 0. The van der Waals surface area contributed by atoms with E-state index in [0.717, 1.165) is 41.7 Å². The van der Waals surface area contributed by atoms with Gasteiger partial charge in [0.2, 0.25) is 0 Å². The molecule has 0 radical (unpaired) electrons. The van der Waals surface area contributed by atoms with Crippen molar-refractivity contribution in [2.45, 2.75) is 99.7 Å². The van der Waals surface area contributed by atoms with Gasteiger partial charge in [0.25, 0.3) is 0 Å². The van der Waals surface area contributed by atoms with Gasteiger partial charge in [-0.05, 0) is 199 Å². The lowest BCUT2D eigenvalue weighted by Crippen LogP contribution is -2.56. The normalized spacial score (nSPS) is 32.3. The predicted molar refractivity (Wildman–Crippen MR) is 228 cm³/mol. The van der Waals surface area contributed by atoms with Crippen LogP contribution in [0.1, 0.15) is 88.2 Å². The van der Waals surface area contributed by atoms with Crippen molar-refractivity contribution in [3.05, 3.63) is 133 Å². The smallest absolute Gasteiger partial charge is 0.0695 e. The minimum Gasteiger partial charge on any atom is -0.256 e. The first-order chi connectivity index (χ1) is 26.6. The van der Waals surface area contributed by atoms with E-state index in [1.54, 1.807) is 49.7 Å². The van der Waals surface area contributed by atoms with Crippen LogP contribution in [0, 0.1) is 35.5 Å². The van der Waals surface area contributed by atoms with E-state index in [0.29, 0.717) is 10.3 Å². The number of benzene rings is 3. The van der Waals surface area contributed by atoms with E-state index in [1.807, 2.05) is 12.4 Å². The molecule has 0 spiro atoms. The van der Waals surface area contributed by atoms with Gasteiger partial charge in [-0.2, -0.15) is 0 Å². The minimum absolute atomic E-state index is 0.204. The zero-order valence-electron chi connectivity index (χ0n) is 31.7. The highest BCUT2D eigenvalue weighted by Crippen LogP contribution is 2.79. The molecule has 4 heteroatoms. The number of hydrogen-bond acceptors (Lipinski definition) is 2. The molecule has 8 aliphatic carbocycles. The Bertz CT molecular complexity index is 1940. The van der Waals surface area contributed by atoms with Crippen LogP contribution >= 0.6 is 15.8 Å². The molecule has 0 unspecified atom stereocenters. The number of aromatic nitrogens is 2. The highest BCUT2D eigenvalue weighted by atomic mass is 31.1. The number of hydrogen-bond donors (Lipinski definition) is 0. The van der Waals surface area contributed by atoms with Crippen LogP contribution < -0.4 is 10.9 Å². The SMILES string of the molecule is c1ccc(-c2cc(CP(c3ccccn3)c3ccccn3)c(CP(C34CC5CC(CC(C5)C3)C4)C34CC5CC(CC(C5)C3)C4)cc2-c2ccccc2)cc1. The van der Waals surface area contributed by atoms with Crippen LogP contribution in [0.2, 0.25) is 0 Å². The second kappa shape index (κ2) is 13.8. The monoisotopic (exact) mass is 744 g/mol. The fourth-order valence-corrected chi connectivity index (χ4v) is 21.3. The molecule has 8 saturated carbocycles. The van der Waals surface area contributed by atoms with Crippen molar-refractivity contribution in [1.82, 2.24) is 9.97 Å². The van der Waals surface area contributed by atoms with Gasteiger partial charge in [0.05, 0.1) is 10.9 Å². The Kier molecular flexibility index (Phi) is 8.70. The van der Waals surface area contributed by atoms with Crippen molar-refractivity contribution in [2.24, 2.45) is 35.5 Å². The van der Waals surface area contributed by atoms with E-state index in [2.05, 4.69) is 109 Å². The molecule has 13 rings (SSSR count). The summed E-state index contributed by atoms with van der Waals surface area (Å²) in [6.45, 7) is 0. The zero-order chi connectivity index (χ0) is 35.7. The molecule has 0 atom stereocenters. The molecule has 0 N–H and O–H groups in total. The Balaban J connectivity index is 1.10. The maximum absolute atomic E-state index is 5.03. The second-order valence-electron chi connectivity index (χ2n) is 18.7. The first-order valence-corrected chi connectivity index (χ1v) is 24.3. The molecule has 8 aliphatic rings. The Hall–Kier alpha value is -3.18. The predicted octanol–water partition coefficient (Wildman–Crippen LogP) is 12.4. The molecular weight excluding hydrogens is 691 g/mol. The van der Waals surface area contributed by atoms with Crippen molar-refractivity contribution in [1.29, 1.82) is 0 Å². The van der Waals surface area contributed by atoms with Gasteiger partial charge in [0.1, 0.15) is 0 Å². The second-order valence-corrected chi connectivity index (χ2v) is 23.9. The molecule has 3 aromatic carbocycles. The molecule has 2 nitrogen and oxygen atoms in total. The maximum Gasteiger partial charge on any atom is 0.0695 e. The third-order valence-corrected chi connectivity index (χ3v) is 21.5. The standard InChI is InChI=1S/C50H54N2P2/c1-3-11-41(12-4-1)45-25-43(33-53(47-15-7-9-17-51-47)48-16-8-10-18-52-48)44(26-46(45)42-13-5-2-6-14-42)34-54(49-27-35-19-36(28-49)21-37(20-35)29-49)50-30-38-22-39(31-50)24-40(23-38)32-50/h1-18,25-26,35-40H,19-24,27-34H2. The highest BCUT2D eigenvalue weighted by Gasteiger charge is 2.62. The largest absolute Gasteiger partial charge is 0.256 e. The van der Waals surface area contributed by atoms with Crippen LogP contribution in [0.25, 0.3) is 22.3 Å². The summed E-state index contributed by atoms with van der Waals surface area (Å²) in [5.41, 5.74) is 11.0. The molecule has 8 bridgehead atoms. The summed E-state index contributed by atoms with van der Waals surface area (Å²) in [7, 11) is -0.987. The van der Waals surface area contributed by atoms with Crippen molar-refractivity contribution < 1.29 is 0 Å². The number of rotatable bonds is 10. The molecule has 0 amide bonds. The third-order valence-electron chi connectivity index (χ3n) is 15.2. The van der Waals surface area contributed by atoms with E-state index in [4.69, 9.17) is 9.97 Å². The van der Waals surface area contributed by atoms with Gasteiger partial charge in [0, 0.05) is 26.5 Å². The van der Waals surface area contributed by atoms with Crippen molar-refractivity contribution >= 4 is 26.7 Å². The first-order valence-electron chi connectivity index (χ1n) is 21.2. The number of pyridine rings is 2. The zero-order valence-corrected chi connectivity index (χ0v) is 33.5. The van der Waals surface area contributed by atoms with Crippen molar-refractivity contribution in [3.8, 4) is 22.3 Å². The van der Waals surface area contributed by atoms with Crippen molar-refractivity contribution in [2.75, 3.05) is 0 Å². The van der Waals surface area contributed by atoms with Crippen LogP contribution in [-0.4, -0.2) is 20.3 Å². The van der Waals surface area contributed by atoms with Gasteiger partial charge in [-0.25, -0.2) is 0 Å². The third kappa shape index (κ3) is 6.14. The van der Waals surface area contributed by atoms with Crippen LogP contribution in [-0.2, 0) is 12.3 Å². The quantitative estimate of drug-likeness (QED) is 0.133. The lowest BCUT2D eigenvalue weighted by Gasteiger charge is -2.67. The van der Waals surface area contributed by atoms with Crippen LogP contribution in [0.15, 0.2) is 122 Å². The van der Waals surface area contributed by atoms with Gasteiger partial charge in [0.15, 0.2) is 0 Å². The van der Waals surface area contributed by atoms with Crippen LogP contribution in [0.4, 0.5) is 0 Å². The summed E-state index contributed by atoms with van der Waals surface area (Å²) in [6.07, 6.45) is 24.8. The highest BCUT2D eigenvalue weighted by molar-refractivity contribution is 7.71. The Morgan fingerprint density at radius 1 is 0.444 bits per heavy atom. The maximum atomic E-state index is 5.03. The Labute approximate surface area is 325 Å². The Morgan fingerprint density at radius 2 is 0.815 bits per heavy atom. The summed E-state index contributed by atoms with van der Waals surface area (Å²) in [5.74, 6) is 5.98. The fraction of sp³-hybridized carbons (Fsp3) is 0.440. The van der Waals surface area contributed by atoms with Crippen molar-refractivity contribution in [3.63, 3.8) is 0 Å². The summed E-state index contributed by atoms with van der Waals surface area (Å²) in [5, 5.41) is 1.18. The molecular formula is C50H54N2P2. The summed E-state index contributed by atoms with van der Waals surface area (Å²) in [4.78, 5) is 10.1. The van der Waals surface area contributed by atoms with Gasteiger partial charge >= 0.3 is 0 Å². The van der Waals surface area contributed by atoms with E-state index in [-0.39, 0.29) is 7.92 Å². The molecule has 54 heavy (non-hydrogen) atoms.